The highest BCUT2D eigenvalue weighted by Gasteiger charge is 2.40. The van der Waals surface area contributed by atoms with Gasteiger partial charge in [0.2, 0.25) is 0 Å². The fraction of sp³-hybridized carbons (Fsp3) is 0.444. The van der Waals surface area contributed by atoms with Gasteiger partial charge in [0.05, 0.1) is 20.5 Å². The molecular formula is C18H21Cl2N3OS. The van der Waals surface area contributed by atoms with Crippen LogP contribution in [-0.4, -0.2) is 46.6 Å². The summed E-state index contributed by atoms with van der Waals surface area (Å²) in [5, 5.41) is 2.02. The average Bonchev–Trinajstić information content (AvgIpc) is 3.00. The number of carbonyl (C=O) groups excluding carboxylic acids is 1. The number of carbonyl (C=O) groups is 1. The molecule has 0 spiro atoms. The Morgan fingerprint density at radius 1 is 1.36 bits per heavy atom. The number of allylic oxidation sites excluding steroid dienone is 1. The Morgan fingerprint density at radius 3 is 2.72 bits per heavy atom. The van der Waals surface area contributed by atoms with Crippen molar-refractivity contribution in [2.24, 2.45) is 4.99 Å². The van der Waals surface area contributed by atoms with E-state index in [2.05, 4.69) is 18.7 Å². The molecule has 2 aliphatic heterocycles. The maximum absolute atomic E-state index is 12.8. The van der Waals surface area contributed by atoms with E-state index in [0.29, 0.717) is 16.6 Å². The average molecular weight is 398 g/mol. The molecular weight excluding hydrogens is 377 g/mol. The Balaban J connectivity index is 1.64. The SMILES string of the molecule is CC1=C(C(=O)N(C)CCc2ccc(Cl)c(Cl)c2)SC2=NC(C)(C)CN21. The molecule has 25 heavy (non-hydrogen) atoms. The minimum atomic E-state index is -0.0854. The van der Waals surface area contributed by atoms with Crippen molar-refractivity contribution in [3.63, 3.8) is 0 Å². The molecule has 0 radical (unpaired) electrons. The highest BCUT2D eigenvalue weighted by molar-refractivity contribution is 8.18. The van der Waals surface area contributed by atoms with Gasteiger partial charge in [0.1, 0.15) is 0 Å². The number of hydrogen-bond acceptors (Lipinski definition) is 4. The molecule has 2 aliphatic rings. The van der Waals surface area contributed by atoms with E-state index in [1.54, 1.807) is 11.0 Å². The molecule has 0 fully saturated rings. The fourth-order valence-electron chi connectivity index (χ4n) is 2.90. The third kappa shape index (κ3) is 3.83. The lowest BCUT2D eigenvalue weighted by molar-refractivity contribution is -0.125. The number of fused-ring (bicyclic) bond motifs is 1. The Morgan fingerprint density at radius 2 is 2.08 bits per heavy atom. The molecule has 3 rings (SSSR count). The predicted molar refractivity (Wildman–Crippen MR) is 106 cm³/mol. The van der Waals surface area contributed by atoms with Gasteiger partial charge in [-0.15, -0.1) is 0 Å². The van der Waals surface area contributed by atoms with Crippen LogP contribution in [0.15, 0.2) is 33.8 Å². The van der Waals surface area contributed by atoms with E-state index < -0.39 is 0 Å². The number of benzene rings is 1. The van der Waals surface area contributed by atoms with E-state index in [1.807, 2.05) is 26.1 Å². The van der Waals surface area contributed by atoms with Crippen molar-refractivity contribution in [1.29, 1.82) is 0 Å². The van der Waals surface area contributed by atoms with Crippen molar-refractivity contribution in [3.8, 4) is 0 Å². The summed E-state index contributed by atoms with van der Waals surface area (Å²) in [4.78, 5) is 22.2. The lowest BCUT2D eigenvalue weighted by Gasteiger charge is -2.20. The maximum atomic E-state index is 12.8. The van der Waals surface area contributed by atoms with Gasteiger partial charge in [-0.3, -0.25) is 9.79 Å². The summed E-state index contributed by atoms with van der Waals surface area (Å²) in [6.07, 6.45) is 0.730. The first-order valence-electron chi connectivity index (χ1n) is 8.13. The molecule has 0 aromatic heterocycles. The van der Waals surface area contributed by atoms with Crippen LogP contribution in [0.3, 0.4) is 0 Å². The lowest BCUT2D eigenvalue weighted by atomic mass is 10.1. The molecule has 1 aromatic rings. The molecule has 0 saturated heterocycles. The number of nitrogens with zero attached hydrogens (tertiary/aromatic N) is 3. The zero-order valence-corrected chi connectivity index (χ0v) is 17.1. The summed E-state index contributed by atoms with van der Waals surface area (Å²) < 4.78 is 0. The molecule has 0 N–H and O–H groups in total. The summed E-state index contributed by atoms with van der Waals surface area (Å²) in [5.74, 6) is 0.0393. The number of hydrogen-bond donors (Lipinski definition) is 0. The van der Waals surface area contributed by atoms with Crippen LogP contribution in [0.4, 0.5) is 0 Å². The first-order chi connectivity index (χ1) is 11.7. The maximum Gasteiger partial charge on any atom is 0.262 e. The zero-order valence-electron chi connectivity index (χ0n) is 14.8. The Kier molecular flexibility index (Phi) is 5.11. The van der Waals surface area contributed by atoms with Gasteiger partial charge in [-0.1, -0.05) is 29.3 Å². The summed E-state index contributed by atoms with van der Waals surface area (Å²) in [6, 6.07) is 5.58. The lowest BCUT2D eigenvalue weighted by Crippen LogP contribution is -2.31. The largest absolute Gasteiger partial charge is 0.341 e. The number of amidine groups is 1. The number of rotatable bonds is 4. The topological polar surface area (TPSA) is 35.9 Å². The quantitative estimate of drug-likeness (QED) is 0.753. The second-order valence-electron chi connectivity index (χ2n) is 7.03. The Bertz CT molecular complexity index is 789. The molecule has 0 atom stereocenters. The molecule has 0 bridgehead atoms. The standard InChI is InChI=1S/C18H21Cl2N3OS/c1-11-15(25-17-21-18(2,3)10-23(11)17)16(24)22(4)8-7-12-5-6-13(19)14(20)9-12/h5-6,9H,7-8,10H2,1-4H3. The summed E-state index contributed by atoms with van der Waals surface area (Å²) >= 11 is 13.5. The summed E-state index contributed by atoms with van der Waals surface area (Å²) in [6.45, 7) is 7.65. The molecule has 7 heteroatoms. The number of aliphatic imine (C=N–C) groups is 1. The van der Waals surface area contributed by atoms with Gasteiger partial charge >= 0.3 is 0 Å². The summed E-state index contributed by atoms with van der Waals surface area (Å²) in [5.41, 5.74) is 1.98. The van der Waals surface area contributed by atoms with Crippen LogP contribution < -0.4 is 0 Å². The molecule has 2 heterocycles. The molecule has 134 valence electrons. The molecule has 1 aromatic carbocycles. The van der Waals surface area contributed by atoms with Crippen molar-refractivity contribution < 1.29 is 4.79 Å². The zero-order chi connectivity index (χ0) is 18.4. The third-order valence-electron chi connectivity index (χ3n) is 4.36. The molecule has 1 amide bonds. The van der Waals surface area contributed by atoms with E-state index in [1.165, 1.54) is 11.8 Å². The first-order valence-corrected chi connectivity index (χ1v) is 9.71. The Hall–Kier alpha value is -1.17. The minimum absolute atomic E-state index is 0.0393. The van der Waals surface area contributed by atoms with Crippen molar-refractivity contribution in [1.82, 2.24) is 9.80 Å². The van der Waals surface area contributed by atoms with E-state index in [4.69, 9.17) is 28.2 Å². The van der Waals surface area contributed by atoms with E-state index >= 15 is 0 Å². The van der Waals surface area contributed by atoms with E-state index in [9.17, 15) is 4.79 Å². The minimum Gasteiger partial charge on any atom is -0.341 e. The number of thioether (sulfide) groups is 1. The van der Waals surface area contributed by atoms with Gasteiger partial charge in [0.15, 0.2) is 5.17 Å². The molecule has 4 nitrogen and oxygen atoms in total. The van der Waals surface area contributed by atoms with Crippen molar-refractivity contribution in [3.05, 3.63) is 44.4 Å². The number of amides is 1. The van der Waals surface area contributed by atoms with Crippen LogP contribution in [-0.2, 0) is 11.2 Å². The van der Waals surface area contributed by atoms with Crippen LogP contribution in [0.2, 0.25) is 10.0 Å². The van der Waals surface area contributed by atoms with Gasteiger partial charge < -0.3 is 9.80 Å². The second-order valence-corrected chi connectivity index (χ2v) is 8.83. The van der Waals surface area contributed by atoms with Gasteiger partial charge in [-0.2, -0.15) is 0 Å². The van der Waals surface area contributed by atoms with Gasteiger partial charge in [0, 0.05) is 25.8 Å². The van der Waals surface area contributed by atoms with Gasteiger partial charge in [-0.25, -0.2) is 0 Å². The smallest absolute Gasteiger partial charge is 0.262 e. The second kappa shape index (κ2) is 6.86. The van der Waals surface area contributed by atoms with Crippen LogP contribution in [0, 0.1) is 0 Å². The molecule has 0 unspecified atom stereocenters. The van der Waals surface area contributed by atoms with Crippen LogP contribution in [0.1, 0.15) is 26.3 Å². The fourth-order valence-corrected chi connectivity index (χ4v) is 4.51. The van der Waals surface area contributed by atoms with Crippen molar-refractivity contribution >= 4 is 46.0 Å². The number of likely N-dealkylation sites (N-methyl/N-ethyl adjacent to an activating group) is 1. The highest BCUT2D eigenvalue weighted by atomic mass is 35.5. The van der Waals surface area contributed by atoms with Crippen LogP contribution >= 0.6 is 35.0 Å². The number of halogens is 2. The predicted octanol–water partition coefficient (Wildman–Crippen LogP) is 4.42. The van der Waals surface area contributed by atoms with Gasteiger partial charge in [-0.05, 0) is 56.7 Å². The van der Waals surface area contributed by atoms with E-state index in [-0.39, 0.29) is 11.4 Å². The summed E-state index contributed by atoms with van der Waals surface area (Å²) in [7, 11) is 1.83. The van der Waals surface area contributed by atoms with Crippen molar-refractivity contribution in [2.45, 2.75) is 32.7 Å². The Labute approximate surface area is 162 Å². The third-order valence-corrected chi connectivity index (χ3v) is 6.27. The van der Waals surface area contributed by atoms with Crippen molar-refractivity contribution in [2.75, 3.05) is 20.1 Å². The normalized spacial score (nSPS) is 18.5. The van der Waals surface area contributed by atoms with Crippen LogP contribution in [0.25, 0.3) is 0 Å². The highest BCUT2D eigenvalue weighted by Crippen LogP contribution is 2.40. The molecule has 0 saturated carbocycles. The monoisotopic (exact) mass is 397 g/mol. The van der Waals surface area contributed by atoms with Gasteiger partial charge in [0.25, 0.3) is 5.91 Å². The van der Waals surface area contributed by atoms with E-state index in [0.717, 1.165) is 34.3 Å². The molecule has 0 aliphatic carbocycles. The van der Waals surface area contributed by atoms with Crippen LogP contribution in [0.5, 0.6) is 0 Å². The first kappa shape index (κ1) is 18.6.